The van der Waals surface area contributed by atoms with E-state index in [4.69, 9.17) is 5.73 Å². The molecular weight excluding hydrogens is 264 g/mol. The Labute approximate surface area is 113 Å². The summed E-state index contributed by atoms with van der Waals surface area (Å²) in [5, 5.41) is 20.7. The lowest BCUT2D eigenvalue weighted by Gasteiger charge is -2.07. The number of nitrogens with two attached hydrogens (primary N) is 1. The number of aromatic nitrogens is 3. The largest absolute Gasteiger partial charge is 0.398 e. The third-order valence-corrected chi connectivity index (χ3v) is 2.59. The second-order valence-corrected chi connectivity index (χ2v) is 3.95. The average Bonchev–Trinajstić information content (AvgIpc) is 2.92. The van der Waals surface area contributed by atoms with Gasteiger partial charge in [0.15, 0.2) is 0 Å². The Balaban J connectivity index is 2.01. The number of nitrogen functional groups attached to an aromatic ring is 1. The van der Waals surface area contributed by atoms with Crippen LogP contribution in [0, 0.1) is 10.1 Å². The molecule has 0 aliphatic carbocycles. The molecule has 1 aromatic heterocycles. The van der Waals surface area contributed by atoms with Crippen molar-refractivity contribution in [1.82, 2.24) is 20.3 Å². The van der Waals surface area contributed by atoms with Crippen molar-refractivity contribution in [2.24, 2.45) is 0 Å². The zero-order chi connectivity index (χ0) is 14.5. The second-order valence-electron chi connectivity index (χ2n) is 3.95. The van der Waals surface area contributed by atoms with Crippen LogP contribution >= 0.6 is 0 Å². The number of non-ortho nitro benzene ring substituents is 1. The van der Waals surface area contributed by atoms with E-state index in [9.17, 15) is 14.9 Å². The minimum Gasteiger partial charge on any atom is -0.398 e. The van der Waals surface area contributed by atoms with E-state index in [0.29, 0.717) is 13.1 Å². The van der Waals surface area contributed by atoms with Gasteiger partial charge in [0, 0.05) is 30.6 Å². The van der Waals surface area contributed by atoms with E-state index in [0.717, 1.165) is 6.07 Å². The minimum atomic E-state index is -0.578. The number of nitro benzene ring substituents is 1. The molecule has 0 saturated heterocycles. The van der Waals surface area contributed by atoms with Gasteiger partial charge in [-0.3, -0.25) is 19.6 Å². The first kappa shape index (κ1) is 13.5. The molecule has 0 fully saturated rings. The number of nitrogens with one attached hydrogen (secondary N) is 1. The minimum absolute atomic E-state index is 0.0813. The highest BCUT2D eigenvalue weighted by atomic mass is 16.6. The molecule has 3 N–H and O–H groups in total. The summed E-state index contributed by atoms with van der Waals surface area (Å²) >= 11 is 0. The Kier molecular flexibility index (Phi) is 3.89. The number of rotatable bonds is 5. The highest BCUT2D eigenvalue weighted by Crippen LogP contribution is 2.19. The molecule has 104 valence electrons. The molecule has 2 rings (SSSR count). The quantitative estimate of drug-likeness (QED) is 0.456. The van der Waals surface area contributed by atoms with E-state index in [1.54, 1.807) is 10.9 Å². The number of carbonyl (C=O) groups is 1. The van der Waals surface area contributed by atoms with Gasteiger partial charge in [-0.25, -0.2) is 0 Å². The summed E-state index contributed by atoms with van der Waals surface area (Å²) in [5.41, 5.74) is 5.74. The fraction of sp³-hybridized carbons (Fsp3) is 0.182. The van der Waals surface area contributed by atoms with Crippen molar-refractivity contribution < 1.29 is 9.72 Å². The van der Waals surface area contributed by atoms with Crippen LogP contribution in [0.1, 0.15) is 10.4 Å². The van der Waals surface area contributed by atoms with Crippen molar-refractivity contribution in [3.8, 4) is 0 Å². The fourth-order valence-electron chi connectivity index (χ4n) is 1.59. The molecule has 0 aliphatic rings. The third kappa shape index (κ3) is 3.07. The highest BCUT2D eigenvalue weighted by molar-refractivity contribution is 5.99. The van der Waals surface area contributed by atoms with Gasteiger partial charge >= 0.3 is 0 Å². The topological polar surface area (TPSA) is 129 Å². The number of amides is 1. The van der Waals surface area contributed by atoms with Crippen LogP contribution in [-0.4, -0.2) is 32.4 Å². The normalized spacial score (nSPS) is 10.2. The zero-order valence-corrected chi connectivity index (χ0v) is 10.4. The predicted octanol–water partition coefficient (Wildman–Crippen LogP) is 0.198. The first-order valence-corrected chi connectivity index (χ1v) is 5.74. The number of carbonyl (C=O) groups excluding carboxylic acids is 1. The Bertz CT molecular complexity index is 625. The maximum Gasteiger partial charge on any atom is 0.270 e. The molecule has 0 radical (unpaired) electrons. The predicted molar refractivity (Wildman–Crippen MR) is 69.9 cm³/mol. The number of anilines is 1. The van der Waals surface area contributed by atoms with Gasteiger partial charge in [-0.2, -0.15) is 0 Å². The summed E-state index contributed by atoms with van der Waals surface area (Å²) in [5.74, 6) is -0.466. The van der Waals surface area contributed by atoms with Crippen molar-refractivity contribution in [1.29, 1.82) is 0 Å². The highest BCUT2D eigenvalue weighted by Gasteiger charge is 2.14. The molecule has 0 bridgehead atoms. The summed E-state index contributed by atoms with van der Waals surface area (Å²) in [6.07, 6.45) is 3.19. The molecule has 2 aromatic rings. The molecule has 0 unspecified atom stereocenters. The summed E-state index contributed by atoms with van der Waals surface area (Å²) in [7, 11) is 0. The van der Waals surface area contributed by atoms with E-state index < -0.39 is 10.8 Å². The van der Waals surface area contributed by atoms with Crippen molar-refractivity contribution in [3.05, 3.63) is 46.3 Å². The summed E-state index contributed by atoms with van der Waals surface area (Å²) < 4.78 is 1.55. The molecule has 0 atom stereocenters. The standard InChI is InChI=1S/C11H12N6O3/c12-10-2-1-8(17(19)20)7-9(10)11(18)13-3-5-16-6-4-14-15-16/h1-2,4,6-7H,3,5,12H2,(H,13,18). The molecule has 1 amide bonds. The van der Waals surface area contributed by atoms with Gasteiger partial charge in [-0.15, -0.1) is 5.10 Å². The molecular formula is C11H12N6O3. The van der Waals surface area contributed by atoms with Crippen LogP contribution in [0.3, 0.4) is 0 Å². The molecule has 0 spiro atoms. The van der Waals surface area contributed by atoms with Crippen LogP contribution in [0.4, 0.5) is 11.4 Å². The number of hydrogen-bond donors (Lipinski definition) is 2. The number of nitrogens with zero attached hydrogens (tertiary/aromatic N) is 4. The lowest BCUT2D eigenvalue weighted by Crippen LogP contribution is -2.28. The van der Waals surface area contributed by atoms with Crippen LogP contribution in [0.15, 0.2) is 30.6 Å². The van der Waals surface area contributed by atoms with Crippen LogP contribution in [0.2, 0.25) is 0 Å². The summed E-state index contributed by atoms with van der Waals surface area (Å²) in [6, 6.07) is 3.74. The van der Waals surface area contributed by atoms with Crippen molar-refractivity contribution in [2.75, 3.05) is 12.3 Å². The number of benzene rings is 1. The monoisotopic (exact) mass is 276 g/mol. The van der Waals surface area contributed by atoms with Crippen LogP contribution < -0.4 is 11.1 Å². The van der Waals surface area contributed by atoms with Gasteiger partial charge in [-0.1, -0.05) is 5.21 Å². The molecule has 0 aliphatic heterocycles. The van der Waals surface area contributed by atoms with E-state index in [-0.39, 0.29) is 16.9 Å². The van der Waals surface area contributed by atoms with E-state index in [1.165, 1.54) is 18.3 Å². The van der Waals surface area contributed by atoms with Gasteiger partial charge in [-0.05, 0) is 6.07 Å². The summed E-state index contributed by atoms with van der Waals surface area (Å²) in [6.45, 7) is 0.755. The molecule has 1 heterocycles. The lowest BCUT2D eigenvalue weighted by molar-refractivity contribution is -0.384. The fourth-order valence-corrected chi connectivity index (χ4v) is 1.59. The van der Waals surface area contributed by atoms with Gasteiger partial charge in [0.1, 0.15) is 0 Å². The van der Waals surface area contributed by atoms with Crippen LogP contribution in [0.25, 0.3) is 0 Å². The van der Waals surface area contributed by atoms with Gasteiger partial charge < -0.3 is 11.1 Å². The maximum absolute atomic E-state index is 11.9. The Hall–Kier alpha value is -2.97. The Morgan fingerprint density at radius 3 is 2.95 bits per heavy atom. The van der Waals surface area contributed by atoms with Gasteiger partial charge in [0.05, 0.1) is 23.2 Å². The molecule has 9 heteroatoms. The van der Waals surface area contributed by atoms with Gasteiger partial charge in [0.2, 0.25) is 0 Å². The first-order valence-electron chi connectivity index (χ1n) is 5.74. The van der Waals surface area contributed by atoms with Gasteiger partial charge in [0.25, 0.3) is 11.6 Å². The molecule has 20 heavy (non-hydrogen) atoms. The summed E-state index contributed by atoms with van der Waals surface area (Å²) in [4.78, 5) is 22.0. The first-order chi connectivity index (χ1) is 9.58. The van der Waals surface area contributed by atoms with E-state index in [2.05, 4.69) is 15.6 Å². The van der Waals surface area contributed by atoms with Crippen molar-refractivity contribution >= 4 is 17.3 Å². The van der Waals surface area contributed by atoms with Crippen molar-refractivity contribution in [3.63, 3.8) is 0 Å². The average molecular weight is 276 g/mol. The smallest absolute Gasteiger partial charge is 0.270 e. The molecule has 9 nitrogen and oxygen atoms in total. The second kappa shape index (κ2) is 5.78. The van der Waals surface area contributed by atoms with Crippen LogP contribution in [0.5, 0.6) is 0 Å². The van der Waals surface area contributed by atoms with E-state index in [1.807, 2.05) is 0 Å². The van der Waals surface area contributed by atoms with E-state index >= 15 is 0 Å². The third-order valence-electron chi connectivity index (χ3n) is 2.59. The number of hydrogen-bond acceptors (Lipinski definition) is 6. The molecule has 1 aromatic carbocycles. The zero-order valence-electron chi connectivity index (χ0n) is 10.4. The maximum atomic E-state index is 11.9. The molecule has 0 saturated carbocycles. The number of nitro groups is 1. The van der Waals surface area contributed by atoms with Crippen LogP contribution in [-0.2, 0) is 6.54 Å². The SMILES string of the molecule is Nc1ccc([N+](=O)[O-])cc1C(=O)NCCn1ccnn1. The Morgan fingerprint density at radius 2 is 2.30 bits per heavy atom. The Morgan fingerprint density at radius 1 is 1.50 bits per heavy atom. The van der Waals surface area contributed by atoms with Crippen molar-refractivity contribution in [2.45, 2.75) is 6.54 Å². The lowest BCUT2D eigenvalue weighted by atomic mass is 10.1.